The molecule has 3 aromatic rings. The van der Waals surface area contributed by atoms with E-state index in [0.29, 0.717) is 23.5 Å². The first-order valence-electron chi connectivity index (χ1n) is 8.25. The van der Waals surface area contributed by atoms with E-state index in [-0.39, 0.29) is 12.7 Å². The smallest absolute Gasteiger partial charge is 0.255 e. The average molecular weight is 338 g/mol. The molecule has 0 radical (unpaired) electrons. The van der Waals surface area contributed by atoms with Crippen molar-refractivity contribution in [1.82, 2.24) is 19.9 Å². The molecule has 7 nitrogen and oxygen atoms in total. The molecule has 7 heteroatoms. The van der Waals surface area contributed by atoms with Crippen LogP contribution in [0.15, 0.2) is 36.5 Å². The number of benzene rings is 1. The first-order chi connectivity index (χ1) is 12.3. The maximum Gasteiger partial charge on any atom is 0.255 e. The Kier molecular flexibility index (Phi) is 3.97. The number of nitrogens with one attached hydrogen (secondary N) is 1. The van der Waals surface area contributed by atoms with Crippen molar-refractivity contribution in [2.45, 2.75) is 26.3 Å². The third-order valence-electron chi connectivity index (χ3n) is 4.11. The van der Waals surface area contributed by atoms with E-state index in [4.69, 9.17) is 9.47 Å². The van der Waals surface area contributed by atoms with Gasteiger partial charge in [-0.15, -0.1) is 10.2 Å². The molecular formula is C18H18N4O3. The molecule has 2 aromatic heterocycles. The second-order valence-corrected chi connectivity index (χ2v) is 5.85. The van der Waals surface area contributed by atoms with Crippen LogP contribution < -0.4 is 14.8 Å². The number of carbonyl (C=O) groups excluding carboxylic acids is 1. The lowest BCUT2D eigenvalue weighted by Gasteiger charge is -2.07. The molecule has 0 saturated heterocycles. The van der Waals surface area contributed by atoms with E-state index in [1.165, 1.54) is 0 Å². The Hall–Kier alpha value is -3.09. The number of hydrogen-bond acceptors (Lipinski definition) is 5. The molecule has 0 bridgehead atoms. The first-order valence-corrected chi connectivity index (χ1v) is 8.25. The largest absolute Gasteiger partial charge is 0.454 e. The highest BCUT2D eigenvalue weighted by molar-refractivity contribution is 5.99. The molecule has 1 N–H and O–H groups in total. The molecule has 4 rings (SSSR count). The van der Waals surface area contributed by atoms with Crippen LogP contribution in [0.4, 0.5) is 0 Å². The van der Waals surface area contributed by atoms with E-state index in [9.17, 15) is 4.79 Å². The van der Waals surface area contributed by atoms with Gasteiger partial charge in [-0.25, -0.2) is 0 Å². The number of rotatable bonds is 5. The molecule has 128 valence electrons. The van der Waals surface area contributed by atoms with Crippen molar-refractivity contribution in [3.63, 3.8) is 0 Å². The van der Waals surface area contributed by atoms with Gasteiger partial charge in [0.2, 0.25) is 6.79 Å². The number of carbonyl (C=O) groups is 1. The predicted octanol–water partition coefficient (Wildman–Crippen LogP) is 2.34. The standard InChI is InChI=1S/C18H18N4O3/c1-2-4-16-20-21-17-13(5-3-8-22(16)17)18(23)19-10-12-6-7-14-15(9-12)25-11-24-14/h3,5-9H,2,4,10-11H2,1H3,(H,19,23). The van der Waals surface area contributed by atoms with Gasteiger partial charge in [-0.05, 0) is 36.2 Å². The molecule has 1 aliphatic heterocycles. The lowest BCUT2D eigenvalue weighted by atomic mass is 10.2. The molecule has 0 fully saturated rings. The van der Waals surface area contributed by atoms with E-state index >= 15 is 0 Å². The summed E-state index contributed by atoms with van der Waals surface area (Å²) >= 11 is 0. The maximum absolute atomic E-state index is 12.6. The number of fused-ring (bicyclic) bond motifs is 2. The first kappa shape index (κ1) is 15.4. The van der Waals surface area contributed by atoms with Crippen molar-refractivity contribution in [3.05, 3.63) is 53.5 Å². The Bertz CT molecular complexity index is 935. The summed E-state index contributed by atoms with van der Waals surface area (Å²) in [5.41, 5.74) is 2.03. The molecule has 1 aliphatic rings. The average Bonchev–Trinajstić information content (AvgIpc) is 3.26. The SMILES string of the molecule is CCCc1nnc2c(C(=O)NCc3ccc4c(c3)OCO4)cccn12. The normalized spacial score (nSPS) is 12.5. The number of amides is 1. The number of pyridine rings is 1. The maximum atomic E-state index is 12.6. The Labute approximate surface area is 144 Å². The third-order valence-corrected chi connectivity index (χ3v) is 4.11. The monoisotopic (exact) mass is 338 g/mol. The highest BCUT2D eigenvalue weighted by atomic mass is 16.7. The van der Waals surface area contributed by atoms with E-state index in [2.05, 4.69) is 22.4 Å². The van der Waals surface area contributed by atoms with E-state index in [1.54, 1.807) is 6.07 Å². The molecule has 1 aromatic carbocycles. The van der Waals surface area contributed by atoms with Crippen LogP contribution >= 0.6 is 0 Å². The summed E-state index contributed by atoms with van der Waals surface area (Å²) in [6.07, 6.45) is 3.68. The Morgan fingerprint density at radius 3 is 3.00 bits per heavy atom. The minimum atomic E-state index is -0.182. The molecule has 0 saturated carbocycles. The van der Waals surface area contributed by atoms with Gasteiger partial charge in [-0.2, -0.15) is 0 Å². The summed E-state index contributed by atoms with van der Waals surface area (Å²) in [5.74, 6) is 2.11. The number of aromatic nitrogens is 3. The highest BCUT2D eigenvalue weighted by Crippen LogP contribution is 2.32. The topological polar surface area (TPSA) is 77.8 Å². The van der Waals surface area contributed by atoms with Gasteiger partial charge >= 0.3 is 0 Å². The van der Waals surface area contributed by atoms with Crippen LogP contribution in [-0.2, 0) is 13.0 Å². The summed E-state index contributed by atoms with van der Waals surface area (Å²) in [4.78, 5) is 12.6. The minimum Gasteiger partial charge on any atom is -0.454 e. The van der Waals surface area contributed by atoms with Gasteiger partial charge in [0.15, 0.2) is 17.1 Å². The molecular weight excluding hydrogens is 320 g/mol. The number of hydrogen-bond donors (Lipinski definition) is 1. The second kappa shape index (κ2) is 6.43. The summed E-state index contributed by atoms with van der Waals surface area (Å²) in [6.45, 7) is 2.72. The Morgan fingerprint density at radius 2 is 2.12 bits per heavy atom. The van der Waals surface area contributed by atoms with Crippen LogP contribution in [0.2, 0.25) is 0 Å². The van der Waals surface area contributed by atoms with Gasteiger partial charge in [0.05, 0.1) is 5.56 Å². The molecule has 3 heterocycles. The zero-order valence-corrected chi connectivity index (χ0v) is 13.9. The van der Waals surface area contributed by atoms with Gasteiger partial charge in [0.1, 0.15) is 5.82 Å². The molecule has 0 aliphatic carbocycles. The lowest BCUT2D eigenvalue weighted by molar-refractivity contribution is 0.0952. The molecule has 0 atom stereocenters. The number of aryl methyl sites for hydroxylation is 1. The van der Waals surface area contributed by atoms with Crippen molar-refractivity contribution in [1.29, 1.82) is 0 Å². The fourth-order valence-electron chi connectivity index (χ4n) is 2.86. The van der Waals surface area contributed by atoms with Crippen molar-refractivity contribution in [2.24, 2.45) is 0 Å². The van der Waals surface area contributed by atoms with Crippen LogP contribution in [-0.4, -0.2) is 27.3 Å². The fraction of sp³-hybridized carbons (Fsp3) is 0.278. The van der Waals surface area contributed by atoms with E-state index in [1.807, 2.05) is 34.9 Å². The van der Waals surface area contributed by atoms with Crippen LogP contribution in [0.1, 0.15) is 35.1 Å². The summed E-state index contributed by atoms with van der Waals surface area (Å²) < 4.78 is 12.5. The van der Waals surface area contributed by atoms with Gasteiger partial charge in [-0.3, -0.25) is 9.20 Å². The van der Waals surface area contributed by atoms with Crippen LogP contribution in [0.25, 0.3) is 5.65 Å². The molecule has 0 unspecified atom stereocenters. The summed E-state index contributed by atoms with van der Waals surface area (Å²) in [6, 6.07) is 9.23. The molecule has 25 heavy (non-hydrogen) atoms. The van der Waals surface area contributed by atoms with Gasteiger partial charge < -0.3 is 14.8 Å². The van der Waals surface area contributed by atoms with Gasteiger partial charge in [-0.1, -0.05) is 13.0 Å². The Balaban J connectivity index is 1.52. The quantitative estimate of drug-likeness (QED) is 0.772. The molecule has 0 spiro atoms. The highest BCUT2D eigenvalue weighted by Gasteiger charge is 2.16. The van der Waals surface area contributed by atoms with E-state index in [0.717, 1.165) is 30.0 Å². The minimum absolute atomic E-state index is 0.182. The van der Waals surface area contributed by atoms with Gasteiger partial charge in [0.25, 0.3) is 5.91 Å². The summed E-state index contributed by atoms with van der Waals surface area (Å²) in [7, 11) is 0. The zero-order valence-electron chi connectivity index (χ0n) is 13.9. The van der Waals surface area contributed by atoms with Crippen molar-refractivity contribution in [2.75, 3.05) is 6.79 Å². The van der Waals surface area contributed by atoms with Gasteiger partial charge in [0, 0.05) is 19.2 Å². The van der Waals surface area contributed by atoms with Crippen LogP contribution in [0.5, 0.6) is 11.5 Å². The zero-order chi connectivity index (χ0) is 17.2. The number of ether oxygens (including phenoxy) is 2. The number of nitrogens with zero attached hydrogens (tertiary/aromatic N) is 3. The lowest BCUT2D eigenvalue weighted by Crippen LogP contribution is -2.23. The second-order valence-electron chi connectivity index (χ2n) is 5.85. The predicted molar refractivity (Wildman–Crippen MR) is 90.7 cm³/mol. The third kappa shape index (κ3) is 2.88. The Morgan fingerprint density at radius 1 is 1.24 bits per heavy atom. The van der Waals surface area contributed by atoms with Crippen molar-refractivity contribution in [3.8, 4) is 11.5 Å². The summed E-state index contributed by atoms with van der Waals surface area (Å²) in [5, 5.41) is 11.3. The van der Waals surface area contributed by atoms with Crippen LogP contribution in [0, 0.1) is 0 Å². The fourth-order valence-corrected chi connectivity index (χ4v) is 2.86. The van der Waals surface area contributed by atoms with E-state index < -0.39 is 0 Å². The molecule has 1 amide bonds. The van der Waals surface area contributed by atoms with Crippen molar-refractivity contribution >= 4 is 11.6 Å². The van der Waals surface area contributed by atoms with Crippen LogP contribution in [0.3, 0.4) is 0 Å². The van der Waals surface area contributed by atoms with Crippen molar-refractivity contribution < 1.29 is 14.3 Å².